The Morgan fingerprint density at radius 1 is 1.00 bits per heavy atom. The average Bonchev–Trinajstić information content (AvgIpc) is 3.51. The van der Waals surface area contributed by atoms with Gasteiger partial charge in [0.25, 0.3) is 0 Å². The Morgan fingerprint density at radius 3 is 2.23 bits per heavy atom. The lowest BCUT2D eigenvalue weighted by Gasteiger charge is -2.21. The zero-order chi connectivity index (χ0) is 18.4. The van der Waals surface area contributed by atoms with Gasteiger partial charge in [0.2, 0.25) is 5.91 Å². The smallest absolute Gasteiger partial charge is 0.408 e. The minimum Gasteiger partial charge on any atom is -0.445 e. The van der Waals surface area contributed by atoms with Crippen LogP contribution in [0.25, 0.3) is 0 Å². The molecule has 2 aromatic rings. The van der Waals surface area contributed by atoms with Gasteiger partial charge in [0.15, 0.2) is 0 Å². The van der Waals surface area contributed by atoms with E-state index in [9.17, 15) is 9.59 Å². The van der Waals surface area contributed by atoms with Gasteiger partial charge in [-0.2, -0.15) is 0 Å². The highest BCUT2D eigenvalue weighted by Crippen LogP contribution is 2.40. The van der Waals surface area contributed by atoms with E-state index in [0.29, 0.717) is 5.92 Å². The Kier molecular flexibility index (Phi) is 5.89. The molecule has 2 aromatic carbocycles. The summed E-state index contributed by atoms with van der Waals surface area (Å²) < 4.78 is 5.17. The zero-order valence-corrected chi connectivity index (χ0v) is 14.9. The predicted molar refractivity (Wildman–Crippen MR) is 99.3 cm³/mol. The fraction of sp³-hybridized carbons (Fsp3) is 0.333. The van der Waals surface area contributed by atoms with Crippen LogP contribution in [0.4, 0.5) is 4.79 Å². The van der Waals surface area contributed by atoms with Gasteiger partial charge in [-0.15, -0.1) is 0 Å². The molecule has 1 fully saturated rings. The van der Waals surface area contributed by atoms with E-state index in [4.69, 9.17) is 4.74 Å². The molecule has 5 nitrogen and oxygen atoms in total. The summed E-state index contributed by atoms with van der Waals surface area (Å²) in [5.41, 5.74) is 2.00. The number of carbonyl (C=O) groups excluding carboxylic acids is 2. The van der Waals surface area contributed by atoms with Crippen molar-refractivity contribution < 1.29 is 14.3 Å². The van der Waals surface area contributed by atoms with Crippen LogP contribution in [0.15, 0.2) is 60.7 Å². The molecule has 0 heterocycles. The number of amides is 2. The van der Waals surface area contributed by atoms with Gasteiger partial charge in [0.05, 0.1) is 6.04 Å². The third-order valence-corrected chi connectivity index (χ3v) is 4.49. The van der Waals surface area contributed by atoms with Crippen LogP contribution in [0.2, 0.25) is 0 Å². The van der Waals surface area contributed by atoms with Crippen molar-refractivity contribution in [1.82, 2.24) is 10.6 Å². The number of ether oxygens (including phenoxy) is 1. The molecule has 1 saturated carbocycles. The Bertz CT molecular complexity index is 729. The molecule has 2 amide bonds. The Balaban J connectivity index is 1.49. The van der Waals surface area contributed by atoms with Crippen molar-refractivity contribution in [2.24, 2.45) is 5.92 Å². The van der Waals surface area contributed by atoms with Gasteiger partial charge in [-0.3, -0.25) is 4.79 Å². The monoisotopic (exact) mass is 352 g/mol. The SMILES string of the molecule is C[C@H](NC(=O)OCc1ccccc1)C(=O)N[C@H](c1ccccc1)C1CC1. The van der Waals surface area contributed by atoms with Crippen molar-refractivity contribution in [2.45, 2.75) is 38.5 Å². The lowest BCUT2D eigenvalue weighted by Crippen LogP contribution is -2.46. The van der Waals surface area contributed by atoms with Crippen molar-refractivity contribution >= 4 is 12.0 Å². The van der Waals surface area contributed by atoms with Gasteiger partial charge in [0.1, 0.15) is 12.6 Å². The van der Waals surface area contributed by atoms with E-state index in [1.54, 1.807) is 6.92 Å². The largest absolute Gasteiger partial charge is 0.445 e. The lowest BCUT2D eigenvalue weighted by molar-refractivity contribution is -0.123. The fourth-order valence-electron chi connectivity index (χ4n) is 2.85. The van der Waals surface area contributed by atoms with E-state index in [-0.39, 0.29) is 18.6 Å². The van der Waals surface area contributed by atoms with Gasteiger partial charge in [-0.25, -0.2) is 4.79 Å². The molecule has 1 aliphatic rings. The number of rotatable bonds is 7. The van der Waals surface area contributed by atoms with Crippen molar-refractivity contribution in [3.8, 4) is 0 Å². The number of alkyl carbamates (subject to hydrolysis) is 1. The van der Waals surface area contributed by atoms with Crippen LogP contribution in [-0.2, 0) is 16.1 Å². The van der Waals surface area contributed by atoms with Crippen LogP contribution in [0.3, 0.4) is 0 Å². The second-order valence-electron chi connectivity index (χ2n) is 6.66. The van der Waals surface area contributed by atoms with Crippen molar-refractivity contribution in [2.75, 3.05) is 0 Å². The first-order valence-corrected chi connectivity index (χ1v) is 8.96. The van der Waals surface area contributed by atoms with Crippen LogP contribution in [0.5, 0.6) is 0 Å². The number of benzene rings is 2. The Labute approximate surface area is 153 Å². The molecule has 3 rings (SSSR count). The highest BCUT2D eigenvalue weighted by Gasteiger charge is 2.34. The van der Waals surface area contributed by atoms with E-state index in [0.717, 1.165) is 24.0 Å². The molecule has 136 valence electrons. The van der Waals surface area contributed by atoms with Crippen LogP contribution in [0.1, 0.15) is 36.9 Å². The van der Waals surface area contributed by atoms with Gasteiger partial charge >= 0.3 is 6.09 Å². The summed E-state index contributed by atoms with van der Waals surface area (Å²) in [4.78, 5) is 24.4. The number of carbonyl (C=O) groups is 2. The number of hydrogen-bond donors (Lipinski definition) is 2. The minimum atomic E-state index is -0.664. The normalized spacial score (nSPS) is 15.6. The van der Waals surface area contributed by atoms with Gasteiger partial charge in [-0.05, 0) is 36.8 Å². The Morgan fingerprint density at radius 2 is 1.62 bits per heavy atom. The molecule has 26 heavy (non-hydrogen) atoms. The minimum absolute atomic E-state index is 0.00621. The topological polar surface area (TPSA) is 67.4 Å². The van der Waals surface area contributed by atoms with Gasteiger partial charge < -0.3 is 15.4 Å². The fourth-order valence-corrected chi connectivity index (χ4v) is 2.85. The van der Waals surface area contributed by atoms with E-state index < -0.39 is 12.1 Å². The summed E-state index contributed by atoms with van der Waals surface area (Å²) >= 11 is 0. The zero-order valence-electron chi connectivity index (χ0n) is 14.9. The molecule has 2 N–H and O–H groups in total. The van der Waals surface area contributed by atoms with Gasteiger partial charge in [0, 0.05) is 0 Å². The van der Waals surface area contributed by atoms with Crippen molar-refractivity contribution in [1.29, 1.82) is 0 Å². The maximum absolute atomic E-state index is 12.5. The summed E-state index contributed by atoms with van der Waals surface area (Å²) in [6.45, 7) is 1.84. The first kappa shape index (κ1) is 18.0. The maximum Gasteiger partial charge on any atom is 0.408 e. The van der Waals surface area contributed by atoms with Crippen LogP contribution < -0.4 is 10.6 Å². The molecule has 0 spiro atoms. The molecule has 0 saturated heterocycles. The first-order valence-electron chi connectivity index (χ1n) is 8.96. The summed E-state index contributed by atoms with van der Waals surface area (Å²) in [5.74, 6) is 0.265. The average molecular weight is 352 g/mol. The van der Waals surface area contributed by atoms with E-state index >= 15 is 0 Å². The number of nitrogens with one attached hydrogen (secondary N) is 2. The molecule has 0 unspecified atom stereocenters. The molecule has 1 aliphatic carbocycles. The third kappa shape index (κ3) is 5.09. The molecular weight excluding hydrogens is 328 g/mol. The maximum atomic E-state index is 12.5. The number of hydrogen-bond acceptors (Lipinski definition) is 3. The van der Waals surface area contributed by atoms with E-state index in [2.05, 4.69) is 10.6 Å². The van der Waals surface area contributed by atoms with Crippen molar-refractivity contribution in [3.05, 3.63) is 71.8 Å². The quantitative estimate of drug-likeness (QED) is 0.800. The lowest BCUT2D eigenvalue weighted by atomic mass is 10.0. The standard InChI is InChI=1S/C21H24N2O3/c1-15(22-21(25)26-14-16-8-4-2-5-9-16)20(24)23-19(18-12-13-18)17-10-6-3-7-11-17/h2-11,15,18-19H,12-14H2,1H3,(H,22,25)(H,23,24)/t15-,19+/m0/s1. The predicted octanol–water partition coefficient (Wildman–Crippen LogP) is 3.57. The van der Waals surface area contributed by atoms with Crippen LogP contribution >= 0.6 is 0 Å². The highest BCUT2D eigenvalue weighted by atomic mass is 16.5. The second-order valence-corrected chi connectivity index (χ2v) is 6.66. The third-order valence-electron chi connectivity index (χ3n) is 4.49. The molecule has 0 aromatic heterocycles. The Hall–Kier alpha value is -2.82. The first-order chi connectivity index (χ1) is 12.6. The van der Waals surface area contributed by atoms with Crippen LogP contribution in [-0.4, -0.2) is 18.0 Å². The van der Waals surface area contributed by atoms with E-state index in [1.165, 1.54) is 0 Å². The van der Waals surface area contributed by atoms with E-state index in [1.807, 2.05) is 60.7 Å². The summed E-state index contributed by atoms with van der Waals surface area (Å²) in [7, 11) is 0. The summed E-state index contributed by atoms with van der Waals surface area (Å²) in [6, 6.07) is 18.7. The van der Waals surface area contributed by atoms with Crippen molar-refractivity contribution in [3.63, 3.8) is 0 Å². The van der Waals surface area contributed by atoms with Gasteiger partial charge in [-0.1, -0.05) is 60.7 Å². The molecule has 2 atom stereocenters. The second kappa shape index (κ2) is 8.52. The molecule has 0 bridgehead atoms. The molecular formula is C21H24N2O3. The summed E-state index contributed by atoms with van der Waals surface area (Å²) in [5, 5.41) is 5.66. The highest BCUT2D eigenvalue weighted by molar-refractivity contribution is 5.85. The summed E-state index contributed by atoms with van der Waals surface area (Å²) in [6.07, 6.45) is 1.63. The molecule has 0 radical (unpaired) electrons. The van der Waals surface area contributed by atoms with Crippen LogP contribution in [0, 0.1) is 5.92 Å². The molecule has 0 aliphatic heterocycles. The molecule has 5 heteroatoms.